The van der Waals surface area contributed by atoms with Crippen LogP contribution < -0.4 is 5.32 Å². The van der Waals surface area contributed by atoms with Gasteiger partial charge >= 0.3 is 0 Å². The van der Waals surface area contributed by atoms with Crippen molar-refractivity contribution in [3.05, 3.63) is 0 Å². The Balaban J connectivity index is 0. The second kappa shape index (κ2) is 10.0. The van der Waals surface area contributed by atoms with Crippen LogP contribution in [0.3, 0.4) is 0 Å². The highest BCUT2D eigenvalue weighted by Gasteiger charge is 2.16. The second-order valence-corrected chi connectivity index (χ2v) is 3.85. The topological polar surface area (TPSA) is 12.0 Å². The predicted octanol–water partition coefficient (Wildman–Crippen LogP) is 3.69. The van der Waals surface area contributed by atoms with Gasteiger partial charge in [-0.05, 0) is 37.8 Å². The van der Waals surface area contributed by atoms with Gasteiger partial charge in [-0.25, -0.2) is 0 Å². The van der Waals surface area contributed by atoms with Gasteiger partial charge in [-0.15, -0.1) is 0 Å². The molecular formula is C12H29N. The lowest BCUT2D eigenvalue weighted by molar-refractivity contribution is 0.297. The molecule has 0 heterocycles. The highest BCUT2D eigenvalue weighted by atomic mass is 14.9. The van der Waals surface area contributed by atoms with Gasteiger partial charge in [-0.2, -0.15) is 0 Å². The van der Waals surface area contributed by atoms with Crippen LogP contribution in [0.5, 0.6) is 0 Å². The fourth-order valence-corrected chi connectivity index (χ4v) is 1.27. The van der Waals surface area contributed by atoms with Crippen molar-refractivity contribution in [2.45, 2.75) is 54.4 Å². The lowest BCUT2D eigenvalue weighted by atomic mass is 9.85. The van der Waals surface area contributed by atoms with E-state index in [4.69, 9.17) is 0 Å². The molecule has 1 rings (SSSR count). The minimum Gasteiger partial charge on any atom is -0.316 e. The molecule has 82 valence electrons. The zero-order chi connectivity index (χ0) is 9.40. The summed E-state index contributed by atoms with van der Waals surface area (Å²) in [5.74, 6) is 1.82. The van der Waals surface area contributed by atoms with Gasteiger partial charge in [0, 0.05) is 0 Å². The van der Waals surface area contributed by atoms with Crippen molar-refractivity contribution in [3.8, 4) is 0 Å². The molecule has 1 heteroatoms. The van der Waals surface area contributed by atoms with Crippen LogP contribution >= 0.6 is 0 Å². The summed E-state index contributed by atoms with van der Waals surface area (Å²) in [6.45, 7) is 11.0. The fraction of sp³-hybridized carbons (Fsp3) is 1.00. The molecule has 1 saturated carbocycles. The molecule has 0 radical (unpaired) electrons. The third-order valence-electron chi connectivity index (χ3n) is 2.21. The molecule has 0 saturated heterocycles. The summed E-state index contributed by atoms with van der Waals surface area (Å²) in [5.41, 5.74) is 0. The number of nitrogens with one attached hydrogen (secondary N) is 1. The molecule has 0 spiro atoms. The van der Waals surface area contributed by atoms with Crippen LogP contribution in [0.4, 0.5) is 0 Å². The van der Waals surface area contributed by atoms with Crippen molar-refractivity contribution in [2.75, 3.05) is 13.1 Å². The Labute approximate surface area is 85.3 Å². The minimum absolute atomic E-state index is 0. The summed E-state index contributed by atoms with van der Waals surface area (Å²) >= 11 is 0. The fourth-order valence-electron chi connectivity index (χ4n) is 1.27. The van der Waals surface area contributed by atoms with Crippen LogP contribution in [-0.2, 0) is 0 Å². The summed E-state index contributed by atoms with van der Waals surface area (Å²) in [4.78, 5) is 0. The third-order valence-corrected chi connectivity index (χ3v) is 2.21. The van der Waals surface area contributed by atoms with Gasteiger partial charge in [0.15, 0.2) is 0 Å². The van der Waals surface area contributed by atoms with E-state index in [1.807, 2.05) is 13.8 Å². The van der Waals surface area contributed by atoms with Crippen molar-refractivity contribution in [1.29, 1.82) is 0 Å². The molecule has 0 bridgehead atoms. The second-order valence-electron chi connectivity index (χ2n) is 3.85. The first-order chi connectivity index (χ1) is 5.79. The molecule has 1 aliphatic carbocycles. The highest BCUT2D eigenvalue weighted by molar-refractivity contribution is 4.71. The Kier molecular flexibility index (Phi) is 11.9. The summed E-state index contributed by atoms with van der Waals surface area (Å²) in [6.07, 6.45) is 4.39. The molecule has 1 fully saturated rings. The number of rotatable bonds is 4. The maximum absolute atomic E-state index is 3.49. The standard InChI is InChI=1S/C9H19N.C2H6.CH4/c1-8(2)6-10-7-9-4-3-5-9;1-2;/h8-10H,3-7H2,1-2H3;1-2H3;1H4. The van der Waals surface area contributed by atoms with Crippen molar-refractivity contribution >= 4 is 0 Å². The highest BCUT2D eigenvalue weighted by Crippen LogP contribution is 2.24. The molecule has 0 aromatic rings. The summed E-state index contributed by atoms with van der Waals surface area (Å²) in [5, 5.41) is 3.49. The molecule has 0 aromatic carbocycles. The quantitative estimate of drug-likeness (QED) is 0.707. The van der Waals surface area contributed by atoms with E-state index in [0.29, 0.717) is 0 Å². The van der Waals surface area contributed by atoms with Crippen LogP contribution in [-0.4, -0.2) is 13.1 Å². The molecule has 1 N–H and O–H groups in total. The Morgan fingerprint density at radius 3 is 2.08 bits per heavy atom. The van der Waals surface area contributed by atoms with Crippen LogP contribution in [0.25, 0.3) is 0 Å². The largest absolute Gasteiger partial charge is 0.316 e. The molecule has 13 heavy (non-hydrogen) atoms. The summed E-state index contributed by atoms with van der Waals surface area (Å²) in [6, 6.07) is 0. The van der Waals surface area contributed by atoms with Crippen molar-refractivity contribution < 1.29 is 0 Å². The average molecular weight is 187 g/mol. The zero-order valence-corrected chi connectivity index (χ0v) is 9.19. The average Bonchev–Trinajstić information content (AvgIpc) is 1.98. The van der Waals surface area contributed by atoms with Crippen molar-refractivity contribution in [1.82, 2.24) is 5.32 Å². The van der Waals surface area contributed by atoms with Crippen molar-refractivity contribution in [2.24, 2.45) is 11.8 Å². The van der Waals surface area contributed by atoms with E-state index in [9.17, 15) is 0 Å². The van der Waals surface area contributed by atoms with Crippen LogP contribution in [0, 0.1) is 11.8 Å². The lowest BCUT2D eigenvalue weighted by Gasteiger charge is -2.25. The Morgan fingerprint density at radius 2 is 1.77 bits per heavy atom. The lowest BCUT2D eigenvalue weighted by Crippen LogP contribution is -2.29. The Hall–Kier alpha value is -0.0400. The molecule has 0 amide bonds. The molecule has 1 nitrogen and oxygen atoms in total. The summed E-state index contributed by atoms with van der Waals surface area (Å²) < 4.78 is 0. The molecule has 0 aromatic heterocycles. The van der Waals surface area contributed by atoms with Gasteiger partial charge in [0.25, 0.3) is 0 Å². The van der Waals surface area contributed by atoms with Crippen LogP contribution in [0.1, 0.15) is 54.4 Å². The molecular weight excluding hydrogens is 158 g/mol. The molecule has 1 aliphatic rings. The Bertz CT molecular complexity index is 85.1. The number of hydrogen-bond donors (Lipinski definition) is 1. The maximum atomic E-state index is 3.49. The van der Waals surface area contributed by atoms with Gasteiger partial charge in [-0.1, -0.05) is 41.5 Å². The van der Waals surface area contributed by atoms with E-state index in [0.717, 1.165) is 11.8 Å². The predicted molar refractivity (Wildman–Crippen MR) is 63.1 cm³/mol. The normalized spacial score (nSPS) is 15.5. The Morgan fingerprint density at radius 1 is 1.23 bits per heavy atom. The van der Waals surface area contributed by atoms with Crippen LogP contribution in [0.2, 0.25) is 0 Å². The van der Waals surface area contributed by atoms with Gasteiger partial charge in [-0.3, -0.25) is 0 Å². The van der Waals surface area contributed by atoms with E-state index >= 15 is 0 Å². The van der Waals surface area contributed by atoms with Gasteiger partial charge in [0.1, 0.15) is 0 Å². The van der Waals surface area contributed by atoms with E-state index < -0.39 is 0 Å². The smallest absolute Gasteiger partial charge is 0.00204 e. The molecule has 0 atom stereocenters. The minimum atomic E-state index is 0. The molecule has 0 unspecified atom stereocenters. The third kappa shape index (κ3) is 8.29. The van der Waals surface area contributed by atoms with Gasteiger partial charge < -0.3 is 5.32 Å². The van der Waals surface area contributed by atoms with Crippen molar-refractivity contribution in [3.63, 3.8) is 0 Å². The zero-order valence-electron chi connectivity index (χ0n) is 9.19. The van der Waals surface area contributed by atoms with E-state index in [-0.39, 0.29) is 7.43 Å². The summed E-state index contributed by atoms with van der Waals surface area (Å²) in [7, 11) is 0. The number of hydrogen-bond acceptors (Lipinski definition) is 1. The first kappa shape index (κ1) is 15.4. The van der Waals surface area contributed by atoms with Gasteiger partial charge in [0.2, 0.25) is 0 Å². The maximum Gasteiger partial charge on any atom is -0.00204 e. The monoisotopic (exact) mass is 187 g/mol. The SMILES string of the molecule is C.CC.CC(C)CNCC1CCC1. The van der Waals surface area contributed by atoms with E-state index in [1.54, 1.807) is 0 Å². The van der Waals surface area contributed by atoms with Crippen LogP contribution in [0.15, 0.2) is 0 Å². The van der Waals surface area contributed by atoms with Gasteiger partial charge in [0.05, 0.1) is 0 Å². The first-order valence-corrected chi connectivity index (χ1v) is 5.49. The molecule has 0 aliphatic heterocycles. The van der Waals surface area contributed by atoms with E-state index in [1.165, 1.54) is 32.4 Å². The first-order valence-electron chi connectivity index (χ1n) is 5.49. The van der Waals surface area contributed by atoms with E-state index in [2.05, 4.69) is 19.2 Å².